The molecule has 0 aliphatic heterocycles. The Balaban J connectivity index is 2.65. The third-order valence-corrected chi connectivity index (χ3v) is 1.23. The topological polar surface area (TPSA) is 44.1 Å². The second-order valence-corrected chi connectivity index (χ2v) is 2.28. The van der Waals surface area contributed by atoms with Gasteiger partial charge in [-0.2, -0.15) is 5.10 Å². The molecule has 11 heavy (non-hydrogen) atoms. The minimum absolute atomic E-state index is 0.0794. The predicted molar refractivity (Wildman–Crippen MR) is 39.5 cm³/mol. The van der Waals surface area contributed by atoms with E-state index in [0.717, 1.165) is 0 Å². The Kier molecular flexibility index (Phi) is 2.25. The van der Waals surface area contributed by atoms with Gasteiger partial charge in [-0.1, -0.05) is 0 Å². The van der Waals surface area contributed by atoms with E-state index < -0.39 is 0 Å². The maximum absolute atomic E-state index is 10.6. The Labute approximate surface area is 64.8 Å². The maximum atomic E-state index is 10.6. The van der Waals surface area contributed by atoms with E-state index in [1.807, 2.05) is 0 Å². The second-order valence-electron chi connectivity index (χ2n) is 2.28. The summed E-state index contributed by atoms with van der Waals surface area (Å²) in [6.07, 6.45) is 3.25. The first-order chi connectivity index (χ1) is 5.22. The lowest BCUT2D eigenvalue weighted by Crippen LogP contribution is -2.05. The molecule has 0 spiro atoms. The van der Waals surface area contributed by atoms with Crippen LogP contribution in [0.2, 0.25) is 0 Å². The van der Waals surface area contributed by atoms with Gasteiger partial charge >= 0.3 is 0 Å². The van der Waals surface area contributed by atoms with Gasteiger partial charge in [0, 0.05) is 0 Å². The molecule has 4 nitrogen and oxygen atoms in total. The van der Waals surface area contributed by atoms with Crippen molar-refractivity contribution in [3.05, 3.63) is 12.4 Å². The molecule has 0 aliphatic carbocycles. The van der Waals surface area contributed by atoms with E-state index in [2.05, 4.69) is 5.10 Å². The monoisotopic (exact) mass is 154 g/mol. The van der Waals surface area contributed by atoms with E-state index in [1.165, 1.54) is 6.92 Å². The van der Waals surface area contributed by atoms with Gasteiger partial charge in [-0.3, -0.25) is 9.48 Å². The number of hydrogen-bond donors (Lipinski definition) is 0. The molecule has 0 atom stereocenters. The smallest absolute Gasteiger partial charge is 0.156 e. The molecule has 0 bridgehead atoms. The van der Waals surface area contributed by atoms with Gasteiger partial charge in [0.15, 0.2) is 11.5 Å². The third-order valence-electron chi connectivity index (χ3n) is 1.23. The highest BCUT2D eigenvalue weighted by Gasteiger charge is 1.98. The highest BCUT2D eigenvalue weighted by molar-refractivity contribution is 5.75. The Morgan fingerprint density at radius 1 is 1.82 bits per heavy atom. The largest absolute Gasteiger partial charge is 0.493 e. The molecule has 1 heterocycles. The van der Waals surface area contributed by atoms with E-state index in [9.17, 15) is 4.79 Å². The molecule has 0 saturated heterocycles. The average molecular weight is 154 g/mol. The van der Waals surface area contributed by atoms with Crippen molar-refractivity contribution in [2.75, 3.05) is 7.11 Å². The van der Waals surface area contributed by atoms with Crippen LogP contribution < -0.4 is 4.74 Å². The fourth-order valence-electron chi connectivity index (χ4n) is 0.765. The molecule has 0 unspecified atom stereocenters. The zero-order chi connectivity index (χ0) is 8.27. The quantitative estimate of drug-likeness (QED) is 0.636. The number of nitrogens with zero attached hydrogens (tertiary/aromatic N) is 2. The van der Waals surface area contributed by atoms with Crippen LogP contribution in [0.3, 0.4) is 0 Å². The molecule has 1 rings (SSSR count). The van der Waals surface area contributed by atoms with Crippen LogP contribution in [0.1, 0.15) is 6.92 Å². The van der Waals surface area contributed by atoms with Gasteiger partial charge in [-0.05, 0) is 6.92 Å². The first kappa shape index (κ1) is 7.78. The van der Waals surface area contributed by atoms with Crippen LogP contribution >= 0.6 is 0 Å². The van der Waals surface area contributed by atoms with Crippen LogP contribution in [0.25, 0.3) is 0 Å². The zero-order valence-electron chi connectivity index (χ0n) is 6.57. The number of ketones is 1. The fraction of sp³-hybridized carbons (Fsp3) is 0.429. The number of hydrogen-bond acceptors (Lipinski definition) is 3. The molecule has 0 aliphatic rings. The zero-order valence-corrected chi connectivity index (χ0v) is 6.57. The number of methoxy groups -OCH3 is 1. The van der Waals surface area contributed by atoms with Gasteiger partial charge in [-0.25, -0.2) is 0 Å². The average Bonchev–Trinajstić information content (AvgIpc) is 2.34. The molecule has 0 N–H and O–H groups in total. The number of carbonyl (C=O) groups excluding carboxylic acids is 1. The normalized spacial score (nSPS) is 9.64. The number of rotatable bonds is 3. The van der Waals surface area contributed by atoms with Crippen LogP contribution in [-0.4, -0.2) is 22.7 Å². The highest BCUT2D eigenvalue weighted by Crippen LogP contribution is 2.05. The Bertz CT molecular complexity index is 255. The highest BCUT2D eigenvalue weighted by atomic mass is 16.5. The van der Waals surface area contributed by atoms with Gasteiger partial charge in [0.2, 0.25) is 0 Å². The molecule has 60 valence electrons. The van der Waals surface area contributed by atoms with Crippen molar-refractivity contribution in [2.45, 2.75) is 13.5 Å². The van der Waals surface area contributed by atoms with Crippen LogP contribution in [0.4, 0.5) is 0 Å². The summed E-state index contributed by atoms with van der Waals surface area (Å²) < 4.78 is 6.42. The lowest BCUT2D eigenvalue weighted by molar-refractivity contribution is -0.117. The number of Topliss-reactive ketones (excluding diaryl/α,β-unsaturated/α-hetero) is 1. The van der Waals surface area contributed by atoms with E-state index in [0.29, 0.717) is 12.3 Å². The standard InChI is InChI=1S/C7H10N2O2/c1-6(10)4-9-5-7(11-2)3-8-9/h3,5H,4H2,1-2H3. The van der Waals surface area contributed by atoms with Crippen molar-refractivity contribution in [1.82, 2.24) is 9.78 Å². The van der Waals surface area contributed by atoms with Crippen LogP contribution in [0, 0.1) is 0 Å². The Morgan fingerprint density at radius 2 is 2.55 bits per heavy atom. The summed E-state index contributed by atoms with van der Waals surface area (Å²) in [5.41, 5.74) is 0. The van der Waals surface area contributed by atoms with Gasteiger partial charge in [0.05, 0.1) is 26.0 Å². The van der Waals surface area contributed by atoms with Crippen LogP contribution in [0.15, 0.2) is 12.4 Å². The van der Waals surface area contributed by atoms with Crippen molar-refractivity contribution in [3.63, 3.8) is 0 Å². The summed E-state index contributed by atoms with van der Waals surface area (Å²) in [6, 6.07) is 0. The number of carbonyl (C=O) groups is 1. The summed E-state index contributed by atoms with van der Waals surface area (Å²) in [7, 11) is 1.56. The van der Waals surface area contributed by atoms with E-state index >= 15 is 0 Å². The molecule has 0 aromatic carbocycles. The lowest BCUT2D eigenvalue weighted by Gasteiger charge is -1.93. The molecule has 0 amide bonds. The summed E-state index contributed by atoms with van der Waals surface area (Å²) in [5.74, 6) is 0.752. The SMILES string of the molecule is COc1cnn(CC(C)=O)c1. The van der Waals surface area contributed by atoms with Gasteiger partial charge in [0.25, 0.3) is 0 Å². The third kappa shape index (κ3) is 2.07. The fourth-order valence-corrected chi connectivity index (χ4v) is 0.765. The Hall–Kier alpha value is -1.32. The van der Waals surface area contributed by atoms with Crippen molar-refractivity contribution in [2.24, 2.45) is 0 Å². The first-order valence-corrected chi connectivity index (χ1v) is 3.28. The number of aromatic nitrogens is 2. The van der Waals surface area contributed by atoms with E-state index in [1.54, 1.807) is 24.2 Å². The van der Waals surface area contributed by atoms with Crippen molar-refractivity contribution in [1.29, 1.82) is 0 Å². The lowest BCUT2D eigenvalue weighted by atomic mass is 10.4. The van der Waals surface area contributed by atoms with Gasteiger partial charge < -0.3 is 4.74 Å². The van der Waals surface area contributed by atoms with Crippen molar-refractivity contribution in [3.8, 4) is 5.75 Å². The molecule has 4 heteroatoms. The summed E-state index contributed by atoms with van der Waals surface area (Å²) in [5, 5.41) is 3.90. The molecule has 1 aromatic rings. The molecular weight excluding hydrogens is 144 g/mol. The van der Waals surface area contributed by atoms with Gasteiger partial charge in [-0.15, -0.1) is 0 Å². The first-order valence-electron chi connectivity index (χ1n) is 3.28. The number of ether oxygens (including phenoxy) is 1. The van der Waals surface area contributed by atoms with Crippen LogP contribution in [-0.2, 0) is 11.3 Å². The summed E-state index contributed by atoms with van der Waals surface area (Å²) >= 11 is 0. The van der Waals surface area contributed by atoms with E-state index in [4.69, 9.17) is 4.74 Å². The molecular formula is C7H10N2O2. The predicted octanol–water partition coefficient (Wildman–Crippen LogP) is 0.481. The molecule has 0 saturated carbocycles. The van der Waals surface area contributed by atoms with E-state index in [-0.39, 0.29) is 5.78 Å². The Morgan fingerprint density at radius 3 is 3.00 bits per heavy atom. The molecule has 1 aromatic heterocycles. The molecule has 0 radical (unpaired) electrons. The summed E-state index contributed by atoms with van der Waals surface area (Å²) in [6.45, 7) is 1.83. The van der Waals surface area contributed by atoms with Gasteiger partial charge in [0.1, 0.15) is 0 Å². The van der Waals surface area contributed by atoms with Crippen molar-refractivity contribution < 1.29 is 9.53 Å². The summed E-state index contributed by atoms with van der Waals surface area (Å²) in [4.78, 5) is 10.6. The minimum atomic E-state index is 0.0794. The van der Waals surface area contributed by atoms with Crippen molar-refractivity contribution >= 4 is 5.78 Å². The molecule has 0 fully saturated rings. The second kappa shape index (κ2) is 3.18. The van der Waals surface area contributed by atoms with Crippen LogP contribution in [0.5, 0.6) is 5.75 Å². The maximum Gasteiger partial charge on any atom is 0.156 e. The minimum Gasteiger partial charge on any atom is -0.493 e.